The average molecular weight is 312 g/mol. The summed E-state index contributed by atoms with van der Waals surface area (Å²) in [4.78, 5) is 34.0. The summed E-state index contributed by atoms with van der Waals surface area (Å²) in [5.74, 6) is -2.86. The molecule has 1 aromatic carbocycles. The maximum atomic E-state index is 11.8. The first kappa shape index (κ1) is 17.0. The topological polar surface area (TPSA) is 98.3 Å². The molecule has 0 heterocycles. The molecule has 1 aromatic rings. The van der Waals surface area contributed by atoms with E-state index < -0.39 is 23.7 Å². The van der Waals surface area contributed by atoms with Crippen molar-refractivity contribution in [2.24, 2.45) is 5.92 Å². The van der Waals surface area contributed by atoms with Crippen LogP contribution < -0.4 is 16.0 Å². The summed E-state index contributed by atoms with van der Waals surface area (Å²) in [5, 5.41) is 11.0. The number of hydrogen-bond acceptors (Lipinski definition) is 4. The van der Waals surface area contributed by atoms with E-state index in [1.165, 1.54) is 6.07 Å². The van der Waals surface area contributed by atoms with E-state index in [1.807, 2.05) is 0 Å². The summed E-state index contributed by atoms with van der Waals surface area (Å²) in [6, 6.07) is 6.41. The maximum absolute atomic E-state index is 11.8. The Kier molecular flexibility index (Phi) is 6.68. The number of halogens is 1. The van der Waals surface area contributed by atoms with Gasteiger partial charge in [-0.2, -0.15) is 0 Å². The van der Waals surface area contributed by atoms with Crippen LogP contribution in [-0.2, 0) is 9.59 Å². The van der Waals surface area contributed by atoms with Crippen LogP contribution in [0.1, 0.15) is 36.5 Å². The Hall–Kier alpha value is -2.08. The lowest BCUT2D eigenvalue weighted by atomic mass is 10.0. The van der Waals surface area contributed by atoms with Crippen molar-refractivity contribution in [2.75, 3.05) is 0 Å². The smallest absolute Gasteiger partial charge is 0.271 e. The molecular weight excluding hydrogens is 296 g/mol. The highest BCUT2D eigenvalue weighted by molar-refractivity contribution is 6.33. The molecule has 0 saturated heterocycles. The lowest BCUT2D eigenvalue weighted by Gasteiger charge is -2.15. The van der Waals surface area contributed by atoms with Crippen LogP contribution in [0.4, 0.5) is 0 Å². The van der Waals surface area contributed by atoms with Crippen molar-refractivity contribution >= 4 is 29.4 Å². The molecule has 0 fully saturated rings. The largest absolute Gasteiger partial charge is 0.550 e. The first-order valence-electron chi connectivity index (χ1n) is 6.50. The van der Waals surface area contributed by atoms with E-state index in [0.29, 0.717) is 6.42 Å². The molecule has 0 saturated carbocycles. The number of hydrogen-bond donors (Lipinski definition) is 2. The third-order valence-corrected chi connectivity index (χ3v) is 3.31. The van der Waals surface area contributed by atoms with E-state index >= 15 is 0 Å². The predicted molar refractivity (Wildman–Crippen MR) is 75.1 cm³/mol. The molecule has 0 aliphatic rings. The number of hydrazine groups is 1. The molecule has 0 spiro atoms. The van der Waals surface area contributed by atoms with Gasteiger partial charge in [-0.25, -0.2) is 0 Å². The molecule has 0 aromatic heterocycles. The molecule has 2 amide bonds. The molecule has 114 valence electrons. The number of benzene rings is 1. The Bertz CT molecular complexity index is 533. The van der Waals surface area contributed by atoms with Crippen molar-refractivity contribution in [3.63, 3.8) is 0 Å². The second-order valence-corrected chi connectivity index (χ2v) is 4.85. The molecule has 6 nitrogen and oxygen atoms in total. The summed E-state index contributed by atoms with van der Waals surface area (Å²) >= 11 is 5.85. The number of carboxylic acids is 1. The van der Waals surface area contributed by atoms with Gasteiger partial charge in [-0.05, 0) is 30.9 Å². The first-order valence-corrected chi connectivity index (χ1v) is 6.88. The van der Waals surface area contributed by atoms with Crippen LogP contribution in [0.5, 0.6) is 0 Å². The third kappa shape index (κ3) is 5.43. The van der Waals surface area contributed by atoms with Crippen molar-refractivity contribution in [3.8, 4) is 0 Å². The molecule has 0 radical (unpaired) electrons. The lowest BCUT2D eigenvalue weighted by Crippen LogP contribution is -2.42. The van der Waals surface area contributed by atoms with Crippen LogP contribution in [0.3, 0.4) is 0 Å². The van der Waals surface area contributed by atoms with Crippen LogP contribution in [0.25, 0.3) is 0 Å². The molecule has 2 N–H and O–H groups in total. The summed E-state index contributed by atoms with van der Waals surface area (Å²) in [6.45, 7) is 1.71. The standard InChI is InChI=1S/C14H17ClN2O4/c1-2-9(14(20)21)7-8-12(18)16-17-13(19)10-5-3-4-6-11(10)15/h3-6,9H,2,7-8H2,1H3,(H,16,18)(H,17,19)(H,20,21)/p-1/t9-/m1/s1. The van der Waals surface area contributed by atoms with Gasteiger partial charge in [0.05, 0.1) is 10.6 Å². The van der Waals surface area contributed by atoms with Crippen LogP contribution in [0.2, 0.25) is 5.02 Å². The summed E-state index contributed by atoms with van der Waals surface area (Å²) in [6.07, 6.45) is 0.531. The minimum absolute atomic E-state index is 0.0186. The van der Waals surface area contributed by atoms with Gasteiger partial charge in [0, 0.05) is 12.4 Å². The van der Waals surface area contributed by atoms with Crippen LogP contribution in [0.15, 0.2) is 24.3 Å². The van der Waals surface area contributed by atoms with Gasteiger partial charge in [0.15, 0.2) is 0 Å². The SMILES string of the molecule is CC[C@H](CCC(=O)NNC(=O)c1ccccc1Cl)C(=O)[O-]. The van der Waals surface area contributed by atoms with Gasteiger partial charge in [-0.3, -0.25) is 20.4 Å². The minimum atomic E-state index is -1.18. The van der Waals surface area contributed by atoms with Gasteiger partial charge in [-0.15, -0.1) is 0 Å². The van der Waals surface area contributed by atoms with Gasteiger partial charge in [0.25, 0.3) is 5.91 Å². The van der Waals surface area contributed by atoms with E-state index in [-0.39, 0.29) is 23.4 Å². The molecule has 7 heteroatoms. The second-order valence-electron chi connectivity index (χ2n) is 4.45. The summed E-state index contributed by atoms with van der Waals surface area (Å²) in [7, 11) is 0. The first-order chi connectivity index (χ1) is 9.95. The predicted octanol–water partition coefficient (Wildman–Crippen LogP) is 0.657. The Morgan fingerprint density at radius 3 is 2.48 bits per heavy atom. The van der Waals surface area contributed by atoms with E-state index in [0.717, 1.165) is 0 Å². The zero-order valence-corrected chi connectivity index (χ0v) is 12.3. The number of carbonyl (C=O) groups excluding carboxylic acids is 3. The van der Waals surface area contributed by atoms with Crippen molar-refractivity contribution in [1.82, 2.24) is 10.9 Å². The Morgan fingerprint density at radius 1 is 1.24 bits per heavy atom. The maximum Gasteiger partial charge on any atom is 0.271 e. The normalized spacial score (nSPS) is 11.5. The third-order valence-electron chi connectivity index (χ3n) is 2.98. The van der Waals surface area contributed by atoms with Gasteiger partial charge in [0.1, 0.15) is 0 Å². The Morgan fingerprint density at radius 2 is 1.90 bits per heavy atom. The minimum Gasteiger partial charge on any atom is -0.550 e. The van der Waals surface area contributed by atoms with Gasteiger partial charge in [0.2, 0.25) is 5.91 Å². The van der Waals surface area contributed by atoms with Crippen molar-refractivity contribution in [1.29, 1.82) is 0 Å². The fourth-order valence-electron chi connectivity index (χ4n) is 1.70. The van der Waals surface area contributed by atoms with Crippen molar-refractivity contribution < 1.29 is 19.5 Å². The van der Waals surface area contributed by atoms with Crippen LogP contribution >= 0.6 is 11.6 Å². The van der Waals surface area contributed by atoms with E-state index in [9.17, 15) is 19.5 Å². The lowest BCUT2D eigenvalue weighted by molar-refractivity contribution is -0.311. The van der Waals surface area contributed by atoms with Gasteiger partial charge < -0.3 is 9.90 Å². The van der Waals surface area contributed by atoms with E-state index in [4.69, 9.17) is 11.6 Å². The second kappa shape index (κ2) is 8.26. The number of carboxylic acid groups (broad SMARTS) is 1. The molecule has 0 bridgehead atoms. The number of amides is 2. The Balaban J connectivity index is 2.41. The van der Waals surface area contributed by atoms with E-state index in [1.54, 1.807) is 25.1 Å². The number of aliphatic carboxylic acids is 1. The van der Waals surface area contributed by atoms with Gasteiger partial charge in [-0.1, -0.05) is 30.7 Å². The molecule has 1 atom stereocenters. The van der Waals surface area contributed by atoms with Crippen molar-refractivity contribution in [2.45, 2.75) is 26.2 Å². The van der Waals surface area contributed by atoms with Crippen molar-refractivity contribution in [3.05, 3.63) is 34.9 Å². The molecular formula is C14H16ClN2O4-. The zero-order valence-electron chi connectivity index (χ0n) is 11.5. The number of nitrogens with one attached hydrogen (secondary N) is 2. The number of rotatable bonds is 6. The summed E-state index contributed by atoms with van der Waals surface area (Å²) in [5.41, 5.74) is 4.68. The molecule has 0 unspecified atom stereocenters. The van der Waals surface area contributed by atoms with Gasteiger partial charge >= 0.3 is 0 Å². The molecule has 21 heavy (non-hydrogen) atoms. The molecule has 0 aliphatic carbocycles. The fraction of sp³-hybridized carbons (Fsp3) is 0.357. The highest BCUT2D eigenvalue weighted by Crippen LogP contribution is 2.14. The monoisotopic (exact) mass is 311 g/mol. The average Bonchev–Trinajstić information content (AvgIpc) is 2.45. The molecule has 1 rings (SSSR count). The highest BCUT2D eigenvalue weighted by atomic mass is 35.5. The Labute approximate surface area is 127 Å². The van der Waals surface area contributed by atoms with Crippen LogP contribution in [-0.4, -0.2) is 17.8 Å². The fourth-order valence-corrected chi connectivity index (χ4v) is 1.92. The van der Waals surface area contributed by atoms with E-state index in [2.05, 4.69) is 10.9 Å². The van der Waals surface area contributed by atoms with Crippen LogP contribution in [0, 0.1) is 5.92 Å². The number of carbonyl (C=O) groups is 3. The summed E-state index contributed by atoms with van der Waals surface area (Å²) < 4.78 is 0. The quantitative estimate of drug-likeness (QED) is 0.754. The zero-order chi connectivity index (χ0) is 15.8. The highest BCUT2D eigenvalue weighted by Gasteiger charge is 2.13. The molecule has 0 aliphatic heterocycles.